The number of aliphatic hydroxyl groups is 1. The van der Waals surface area contributed by atoms with Crippen molar-refractivity contribution < 1.29 is 9.84 Å². The Morgan fingerprint density at radius 3 is 2.47 bits per heavy atom. The van der Waals surface area contributed by atoms with E-state index in [4.69, 9.17) is 16.3 Å². The first-order chi connectivity index (χ1) is 9.08. The van der Waals surface area contributed by atoms with Crippen LogP contribution in [0, 0.1) is 0 Å². The van der Waals surface area contributed by atoms with Crippen molar-refractivity contribution in [3.05, 3.63) is 52.7 Å². The molecule has 1 heterocycles. The summed E-state index contributed by atoms with van der Waals surface area (Å²) in [7, 11) is 0. The summed E-state index contributed by atoms with van der Waals surface area (Å²) >= 11 is 5.82. The quantitative estimate of drug-likeness (QED) is 0.913. The van der Waals surface area contributed by atoms with E-state index in [9.17, 15) is 5.11 Å². The molecule has 1 aromatic heterocycles. The molecule has 3 nitrogen and oxygen atoms in total. The van der Waals surface area contributed by atoms with Gasteiger partial charge in [0.25, 0.3) is 0 Å². The molecular formula is C15H16ClNO2. The first kappa shape index (κ1) is 13.8. The summed E-state index contributed by atoms with van der Waals surface area (Å²) in [6.45, 7) is 4.07. The lowest BCUT2D eigenvalue weighted by Crippen LogP contribution is -1.98. The second-order valence-electron chi connectivity index (χ2n) is 4.61. The Labute approximate surface area is 117 Å². The van der Waals surface area contributed by atoms with Crippen LogP contribution in [0.1, 0.15) is 31.0 Å². The van der Waals surface area contributed by atoms with Gasteiger partial charge in [-0.05, 0) is 41.8 Å². The maximum absolute atomic E-state index is 9.27. The summed E-state index contributed by atoms with van der Waals surface area (Å²) in [5.41, 5.74) is 1.69. The van der Waals surface area contributed by atoms with Crippen LogP contribution in [0.4, 0.5) is 0 Å². The smallest absolute Gasteiger partial charge is 0.219 e. The fourth-order valence-corrected chi connectivity index (χ4v) is 1.77. The molecule has 0 radical (unpaired) electrons. The van der Waals surface area contributed by atoms with Crippen molar-refractivity contribution in [3.8, 4) is 11.6 Å². The van der Waals surface area contributed by atoms with Crippen molar-refractivity contribution in [2.45, 2.75) is 26.4 Å². The van der Waals surface area contributed by atoms with E-state index in [0.717, 1.165) is 11.3 Å². The molecule has 100 valence electrons. The van der Waals surface area contributed by atoms with Gasteiger partial charge < -0.3 is 9.84 Å². The van der Waals surface area contributed by atoms with E-state index < -0.39 is 0 Å². The van der Waals surface area contributed by atoms with Crippen LogP contribution in [0.3, 0.4) is 0 Å². The summed E-state index contributed by atoms with van der Waals surface area (Å²) in [5, 5.41) is 9.93. The molecule has 0 atom stereocenters. The van der Waals surface area contributed by atoms with Gasteiger partial charge in [-0.1, -0.05) is 25.4 Å². The molecule has 0 aliphatic heterocycles. The standard InChI is InChI=1S/C15H16ClNO2/c1-10(2)14-7-11(9-18)8-15(17-14)19-13-5-3-12(16)4-6-13/h3-8,10,18H,9H2,1-2H3. The summed E-state index contributed by atoms with van der Waals surface area (Å²) in [6, 6.07) is 10.7. The van der Waals surface area contributed by atoms with E-state index in [2.05, 4.69) is 18.8 Å². The summed E-state index contributed by atoms with van der Waals surface area (Å²) < 4.78 is 5.69. The highest BCUT2D eigenvalue weighted by Crippen LogP contribution is 2.25. The third-order valence-electron chi connectivity index (χ3n) is 2.69. The molecule has 4 heteroatoms. The Kier molecular flexibility index (Phi) is 4.40. The monoisotopic (exact) mass is 277 g/mol. The van der Waals surface area contributed by atoms with Crippen molar-refractivity contribution in [2.24, 2.45) is 0 Å². The number of pyridine rings is 1. The van der Waals surface area contributed by atoms with Crippen LogP contribution in [0.5, 0.6) is 11.6 Å². The molecule has 0 saturated heterocycles. The zero-order valence-corrected chi connectivity index (χ0v) is 11.7. The Morgan fingerprint density at radius 2 is 1.89 bits per heavy atom. The highest BCUT2D eigenvalue weighted by atomic mass is 35.5. The number of ether oxygens (including phenoxy) is 1. The fourth-order valence-electron chi connectivity index (χ4n) is 1.64. The average Bonchev–Trinajstić information content (AvgIpc) is 2.41. The van der Waals surface area contributed by atoms with E-state index >= 15 is 0 Å². The minimum absolute atomic E-state index is 0.0286. The predicted molar refractivity (Wildman–Crippen MR) is 75.8 cm³/mol. The number of nitrogens with zero attached hydrogens (tertiary/aromatic N) is 1. The summed E-state index contributed by atoms with van der Waals surface area (Å²) in [5.74, 6) is 1.43. The minimum Gasteiger partial charge on any atom is -0.439 e. The number of benzene rings is 1. The second-order valence-corrected chi connectivity index (χ2v) is 5.04. The Bertz CT molecular complexity index is 553. The minimum atomic E-state index is -0.0286. The van der Waals surface area contributed by atoms with Gasteiger partial charge in [0.2, 0.25) is 5.88 Å². The number of rotatable bonds is 4. The van der Waals surface area contributed by atoms with Gasteiger partial charge in [-0.15, -0.1) is 0 Å². The van der Waals surface area contributed by atoms with Crippen molar-refractivity contribution in [2.75, 3.05) is 0 Å². The van der Waals surface area contributed by atoms with Crippen LogP contribution in [0.2, 0.25) is 5.02 Å². The molecule has 0 aliphatic rings. The molecule has 0 amide bonds. The maximum atomic E-state index is 9.27. The van der Waals surface area contributed by atoms with E-state index in [1.165, 1.54) is 0 Å². The molecule has 0 unspecified atom stereocenters. The molecule has 0 fully saturated rings. The topological polar surface area (TPSA) is 42.4 Å². The normalized spacial score (nSPS) is 10.8. The van der Waals surface area contributed by atoms with Crippen molar-refractivity contribution in [1.82, 2.24) is 4.98 Å². The number of aromatic nitrogens is 1. The van der Waals surface area contributed by atoms with Crippen LogP contribution in [0.15, 0.2) is 36.4 Å². The van der Waals surface area contributed by atoms with Gasteiger partial charge in [0.1, 0.15) is 5.75 Å². The number of aliphatic hydroxyl groups excluding tert-OH is 1. The summed E-state index contributed by atoms with van der Waals surface area (Å²) in [4.78, 5) is 4.43. The zero-order valence-electron chi connectivity index (χ0n) is 10.9. The number of hydrogen-bond acceptors (Lipinski definition) is 3. The SMILES string of the molecule is CC(C)c1cc(CO)cc(Oc2ccc(Cl)cc2)n1. The lowest BCUT2D eigenvalue weighted by molar-refractivity contribution is 0.280. The van der Waals surface area contributed by atoms with Crippen molar-refractivity contribution >= 4 is 11.6 Å². The van der Waals surface area contributed by atoms with Crippen LogP contribution in [-0.4, -0.2) is 10.1 Å². The molecule has 0 bridgehead atoms. The van der Waals surface area contributed by atoms with Gasteiger partial charge >= 0.3 is 0 Å². The molecule has 0 aliphatic carbocycles. The van der Waals surface area contributed by atoms with Crippen LogP contribution >= 0.6 is 11.6 Å². The number of halogens is 1. The van der Waals surface area contributed by atoms with E-state index in [1.807, 2.05) is 6.07 Å². The summed E-state index contributed by atoms with van der Waals surface area (Å²) in [6.07, 6.45) is 0. The predicted octanol–water partition coefficient (Wildman–Crippen LogP) is 4.14. The fraction of sp³-hybridized carbons (Fsp3) is 0.267. The molecule has 0 spiro atoms. The lowest BCUT2D eigenvalue weighted by Gasteiger charge is -2.11. The Balaban J connectivity index is 2.28. The van der Waals surface area contributed by atoms with Crippen LogP contribution in [0.25, 0.3) is 0 Å². The molecule has 1 N–H and O–H groups in total. The van der Waals surface area contributed by atoms with E-state index in [-0.39, 0.29) is 12.5 Å². The Morgan fingerprint density at radius 1 is 1.21 bits per heavy atom. The maximum Gasteiger partial charge on any atom is 0.219 e. The highest BCUT2D eigenvalue weighted by Gasteiger charge is 2.07. The average molecular weight is 278 g/mol. The van der Waals surface area contributed by atoms with Crippen molar-refractivity contribution in [3.63, 3.8) is 0 Å². The van der Waals surface area contributed by atoms with Gasteiger partial charge in [0.15, 0.2) is 0 Å². The largest absolute Gasteiger partial charge is 0.439 e. The van der Waals surface area contributed by atoms with Crippen LogP contribution < -0.4 is 4.74 Å². The molecular weight excluding hydrogens is 262 g/mol. The molecule has 19 heavy (non-hydrogen) atoms. The Hall–Kier alpha value is -1.58. The van der Waals surface area contributed by atoms with Gasteiger partial charge in [-0.25, -0.2) is 4.98 Å². The first-order valence-electron chi connectivity index (χ1n) is 6.13. The molecule has 2 aromatic rings. The highest BCUT2D eigenvalue weighted by molar-refractivity contribution is 6.30. The van der Waals surface area contributed by atoms with Gasteiger partial charge in [0, 0.05) is 16.8 Å². The second kappa shape index (κ2) is 6.04. The first-order valence-corrected chi connectivity index (χ1v) is 6.51. The third kappa shape index (κ3) is 3.69. The lowest BCUT2D eigenvalue weighted by atomic mass is 10.1. The molecule has 2 rings (SSSR count). The number of hydrogen-bond donors (Lipinski definition) is 1. The van der Waals surface area contributed by atoms with E-state index in [0.29, 0.717) is 16.7 Å². The third-order valence-corrected chi connectivity index (χ3v) is 2.94. The zero-order chi connectivity index (χ0) is 13.8. The van der Waals surface area contributed by atoms with Gasteiger partial charge in [-0.2, -0.15) is 0 Å². The molecule has 1 aromatic carbocycles. The van der Waals surface area contributed by atoms with Crippen molar-refractivity contribution in [1.29, 1.82) is 0 Å². The van der Waals surface area contributed by atoms with E-state index in [1.54, 1.807) is 30.3 Å². The van der Waals surface area contributed by atoms with Gasteiger partial charge in [-0.3, -0.25) is 0 Å². The van der Waals surface area contributed by atoms with Crippen LogP contribution in [-0.2, 0) is 6.61 Å². The van der Waals surface area contributed by atoms with Gasteiger partial charge in [0.05, 0.1) is 6.61 Å². The molecule has 0 saturated carbocycles.